The van der Waals surface area contributed by atoms with E-state index in [-0.39, 0.29) is 81.4 Å². The summed E-state index contributed by atoms with van der Waals surface area (Å²) in [6.07, 6.45) is 4.29. The number of anilines is 4. The van der Waals surface area contributed by atoms with Crippen molar-refractivity contribution < 1.29 is 65.6 Å². The molecule has 0 radical (unpaired) electrons. The Morgan fingerprint density at radius 3 is 1.28 bits per heavy atom. The Morgan fingerprint density at radius 2 is 0.864 bits per heavy atom. The first-order valence-electron chi connectivity index (χ1n) is 41.4. The Hall–Kier alpha value is -9.52. The van der Waals surface area contributed by atoms with Crippen LogP contribution in [0.3, 0.4) is 0 Å². The smallest absolute Gasteiger partial charge is 0.369 e. The zero-order chi connectivity index (χ0) is 86.8. The molecule has 6 fully saturated rings. The summed E-state index contributed by atoms with van der Waals surface area (Å²) in [5.41, 5.74) is 5.11. The van der Waals surface area contributed by atoms with Gasteiger partial charge in [0.25, 0.3) is 11.8 Å². The molecule has 2 unspecified atom stereocenters. The maximum atomic E-state index is 16.0. The average Bonchev–Trinajstić information content (AvgIpc) is 1.69. The monoisotopic (exact) mass is 2050 g/mol. The number of carbonyl (C=O) groups is 6. The maximum absolute atomic E-state index is 16.0. The Bertz CT molecular complexity index is 5870. The van der Waals surface area contributed by atoms with Crippen molar-refractivity contribution in [3.63, 3.8) is 0 Å². The summed E-state index contributed by atoms with van der Waals surface area (Å²) in [4.78, 5) is 102. The minimum atomic E-state index is -0.672. The van der Waals surface area contributed by atoms with Gasteiger partial charge in [0.1, 0.15) is 64.7 Å². The topological polar surface area (TPSA) is 226 Å². The predicted octanol–water partition coefficient (Wildman–Crippen LogP) is 18.6. The lowest BCUT2D eigenvalue weighted by Crippen LogP contribution is -2.52. The van der Waals surface area contributed by atoms with Gasteiger partial charge in [0.05, 0.1) is 45.4 Å². The second kappa shape index (κ2) is 38.6. The second-order valence-corrected chi connectivity index (χ2v) is 42.5. The van der Waals surface area contributed by atoms with Crippen LogP contribution in [-0.2, 0) is 38.9 Å². The molecule has 646 valence electrons. The van der Waals surface area contributed by atoms with Crippen molar-refractivity contribution in [1.82, 2.24) is 40.2 Å². The first-order valence-corrected chi connectivity index (χ1v) is 47.4. The van der Waals surface area contributed by atoms with Crippen LogP contribution < -0.4 is 44.4 Å². The molecule has 12 heterocycles. The fourth-order valence-corrected chi connectivity index (χ4v) is 20.6. The van der Waals surface area contributed by atoms with Crippen molar-refractivity contribution in [3.8, 4) is 55.4 Å². The van der Waals surface area contributed by atoms with Gasteiger partial charge in [0, 0.05) is 158 Å². The van der Waals surface area contributed by atoms with E-state index in [1.54, 1.807) is 35.2 Å². The highest BCUT2D eigenvalue weighted by molar-refractivity contribution is 9.69. The summed E-state index contributed by atoms with van der Waals surface area (Å²) in [6.45, 7) is 11.4. The number of aromatic nitrogens is 2. The minimum Gasteiger partial charge on any atom is -0.508 e. The van der Waals surface area contributed by atoms with E-state index in [2.05, 4.69) is 109 Å². The van der Waals surface area contributed by atoms with Crippen LogP contribution >= 0.6 is 102 Å². The van der Waals surface area contributed by atoms with Crippen molar-refractivity contribution in [2.75, 3.05) is 111 Å². The standard InChI is InChI=1S/C49H45BrF2N6O5S.C42H39BrF2N6O5S.BBr3/c50-33-8-6-32(7-9-33)47-46(37-11-10-34(26-42(37)64-47)62-29-31-4-2-1-3-5-31)63-35-24-38(51)45(39(52)25-35)57-18-16-30(17-19-57)27-55-20-22-56(23-21-55)43-14-12-36-40(53-43)28-58(49(36)61)41-13-15-44(59)54-48(41)60;43-26-3-1-25(2-4-26)40-39(30-6-5-27(52)19-35(30)57-40)56-28-20-31(44)38(32(45)21-28)50-13-11-24(12-14-50)22-48-15-17-49(18-16-48)36-9-7-29-33(46-36)23-51(42(29)55)34-8-10-37(53)47-41(34)54;2-1(3)4/h1-12,14,24-26,30,41H,13,15-23,27-29H2,(H,54,59,60);1-7,9,19-21,24,34,52H,8,10-18,22-23H2,(H,47,53,54);. The zero-order valence-corrected chi connectivity index (χ0v) is 77.0. The van der Waals surface area contributed by atoms with E-state index < -0.39 is 47.2 Å². The van der Waals surface area contributed by atoms with Crippen LogP contribution in [0.5, 0.6) is 34.5 Å². The molecule has 4 aromatic heterocycles. The molecule has 34 heteroatoms. The lowest BCUT2D eigenvalue weighted by molar-refractivity contribution is -0.138. The highest BCUT2D eigenvalue weighted by Crippen LogP contribution is 2.51. The van der Waals surface area contributed by atoms with Crippen molar-refractivity contribution >= 4 is 184 Å². The molecule has 0 saturated carbocycles. The van der Waals surface area contributed by atoms with Gasteiger partial charge in [0.2, 0.25) is 23.6 Å². The van der Waals surface area contributed by atoms with E-state index in [9.17, 15) is 33.9 Å². The molecule has 0 bridgehead atoms. The van der Waals surface area contributed by atoms with Gasteiger partial charge >= 0.3 is 3.18 Å². The van der Waals surface area contributed by atoms with E-state index in [4.69, 9.17) is 24.2 Å². The number of piperazine rings is 2. The number of hydrogen-bond donors (Lipinski definition) is 3. The van der Waals surface area contributed by atoms with Crippen molar-refractivity contribution in [3.05, 3.63) is 224 Å². The van der Waals surface area contributed by atoms with Gasteiger partial charge in [-0.05, 0) is 152 Å². The molecule has 6 amide bonds. The van der Waals surface area contributed by atoms with Gasteiger partial charge in [-0.2, -0.15) is 0 Å². The number of nitrogens with zero attached hydrogens (tertiary/aromatic N) is 10. The van der Waals surface area contributed by atoms with E-state index in [1.165, 1.54) is 56.7 Å². The molecule has 3 N–H and O–H groups in total. The van der Waals surface area contributed by atoms with Crippen LogP contribution in [-0.4, -0.2) is 177 Å². The van der Waals surface area contributed by atoms with Crippen LogP contribution in [0, 0.1) is 35.1 Å². The summed E-state index contributed by atoms with van der Waals surface area (Å²) < 4.78 is 86.2. The number of amides is 6. The summed E-state index contributed by atoms with van der Waals surface area (Å²) in [6, 6.07) is 47.4. The molecular formula is C91H84BBr5F4N12O10S2. The Balaban J connectivity index is 0.000000171. The molecule has 0 spiro atoms. The molecule has 125 heavy (non-hydrogen) atoms. The number of aromatic hydroxyl groups is 1. The lowest BCUT2D eigenvalue weighted by Gasteiger charge is -2.39. The number of ether oxygens (including phenoxy) is 3. The van der Waals surface area contributed by atoms with Gasteiger partial charge in [-0.1, -0.05) is 86.5 Å². The van der Waals surface area contributed by atoms with Crippen LogP contribution in [0.2, 0.25) is 0 Å². The number of carbonyl (C=O) groups excluding carboxylic acids is 6. The van der Waals surface area contributed by atoms with Gasteiger partial charge in [0.15, 0.2) is 34.8 Å². The fraction of sp³-hybridized carbons (Fsp3) is 0.319. The summed E-state index contributed by atoms with van der Waals surface area (Å²) in [5, 5.41) is 16.3. The molecule has 8 aliphatic rings. The fourth-order valence-electron chi connectivity index (χ4n) is 17.7. The van der Waals surface area contributed by atoms with E-state index >= 15 is 17.6 Å². The number of hydrogen-bond acceptors (Lipinski definition) is 20. The second-order valence-electron chi connectivity index (χ2n) is 32.1. The largest absolute Gasteiger partial charge is 0.508 e. The van der Waals surface area contributed by atoms with Crippen molar-refractivity contribution in [2.45, 2.75) is 83.1 Å². The minimum absolute atomic E-state index is 0.0216. The third kappa shape index (κ3) is 19.9. The van der Waals surface area contributed by atoms with Crippen molar-refractivity contribution in [2.24, 2.45) is 11.8 Å². The Labute approximate surface area is 768 Å². The van der Waals surface area contributed by atoms with Crippen LogP contribution in [0.1, 0.15) is 89.0 Å². The number of pyridine rings is 2. The number of fused-ring (bicyclic) bond motifs is 4. The lowest BCUT2D eigenvalue weighted by atomic mass is 9.95. The van der Waals surface area contributed by atoms with Gasteiger partial charge < -0.3 is 48.7 Å². The Kier molecular flexibility index (Phi) is 27.0. The number of phenols is 1. The van der Waals surface area contributed by atoms with Crippen LogP contribution in [0.25, 0.3) is 41.1 Å². The van der Waals surface area contributed by atoms with Crippen molar-refractivity contribution in [1.29, 1.82) is 0 Å². The molecule has 11 aromatic rings. The molecule has 6 saturated heterocycles. The highest BCUT2D eigenvalue weighted by atomic mass is 79.9. The number of phenolic OH excluding ortho intramolecular Hbond substituents is 1. The van der Waals surface area contributed by atoms with Crippen LogP contribution in [0.15, 0.2) is 173 Å². The summed E-state index contributed by atoms with van der Waals surface area (Å²) in [7, 11) is 0. The quantitative estimate of drug-likeness (QED) is 0.0388. The van der Waals surface area contributed by atoms with Gasteiger partial charge in [-0.25, -0.2) is 27.5 Å². The third-order valence-corrected chi connectivity index (χ3v) is 27.6. The Morgan fingerprint density at radius 1 is 0.456 bits per heavy atom. The molecule has 7 aromatic carbocycles. The number of rotatable bonds is 19. The number of imide groups is 2. The number of benzene rings is 7. The molecule has 22 nitrogen and oxygen atoms in total. The number of halogens is 9. The van der Waals surface area contributed by atoms with E-state index in [1.807, 2.05) is 114 Å². The molecule has 19 rings (SSSR count). The molecule has 0 aliphatic carbocycles. The molecule has 8 aliphatic heterocycles. The number of piperidine rings is 4. The highest BCUT2D eigenvalue weighted by Gasteiger charge is 2.43. The van der Waals surface area contributed by atoms with Gasteiger partial charge in [-0.3, -0.25) is 49.2 Å². The predicted molar refractivity (Wildman–Crippen MR) is 496 cm³/mol. The first kappa shape index (κ1) is 87.6. The van der Waals surface area contributed by atoms with E-state index in [0.717, 1.165) is 158 Å². The third-order valence-electron chi connectivity index (χ3n) is 24.1. The zero-order valence-electron chi connectivity index (χ0n) is 67.5. The number of thiophene rings is 2. The SMILES string of the molecule is BrB(Br)Br.O=C1CCC(N2Cc3nc(N4CCN(CC5CCN(c6c(F)cc(Oc7c(-c8ccc(Br)cc8)sc8cc(O)ccc78)cc6F)CC5)CC4)ccc3C2=O)C(=O)N1.O=C1CCC(N2Cc3nc(N4CCN(CC5CCN(c6c(F)cc(Oc7c(-c8ccc(Br)cc8)sc8cc(OCc9ccccc9)ccc78)cc6F)CC5)CC4)ccc3C2=O)C(=O)N1. The molecule has 2 atom stereocenters. The van der Waals surface area contributed by atoms with E-state index in [0.29, 0.717) is 97.2 Å². The summed E-state index contributed by atoms with van der Waals surface area (Å²) in [5.74, 6) is -0.222. The normalized spacial score (nSPS) is 18.5. The summed E-state index contributed by atoms with van der Waals surface area (Å²) >= 11 is 19.3. The van der Waals surface area contributed by atoms with Gasteiger partial charge in [-0.15, -0.1) is 69.9 Å². The first-order chi connectivity index (χ1) is 60.4. The molecular weight excluding hydrogens is 1970 g/mol. The number of nitrogens with one attached hydrogen (secondary N) is 2. The van der Waals surface area contributed by atoms with Crippen LogP contribution in [0.4, 0.5) is 40.6 Å². The average molecular weight is 2060 g/mol. The maximum Gasteiger partial charge on any atom is 0.369 e.